The van der Waals surface area contributed by atoms with Crippen LogP contribution in [0.4, 0.5) is 5.69 Å². The van der Waals surface area contributed by atoms with E-state index in [-0.39, 0.29) is 5.97 Å². The molecule has 2 aromatic rings. The number of ether oxygens (including phenoxy) is 1. The molecule has 2 N–H and O–H groups in total. The number of nitrogens with two attached hydrogens (primary N) is 1. The van der Waals surface area contributed by atoms with Gasteiger partial charge < -0.3 is 10.5 Å². The number of thiazole rings is 1. The first-order chi connectivity index (χ1) is 9.33. The molecule has 108 valence electrons. The second-order valence-corrected chi connectivity index (χ2v) is 7.28. The van der Waals surface area contributed by atoms with Gasteiger partial charge in [-0.05, 0) is 32.8 Å². The summed E-state index contributed by atoms with van der Waals surface area (Å²) < 4.78 is 5.41. The molecule has 0 fully saturated rings. The van der Waals surface area contributed by atoms with E-state index in [0.717, 1.165) is 21.7 Å². The number of hydrogen-bond donors (Lipinski definition) is 1. The molecule has 0 amide bonds. The number of anilines is 1. The van der Waals surface area contributed by atoms with Crippen LogP contribution in [-0.2, 0) is 11.2 Å². The van der Waals surface area contributed by atoms with Gasteiger partial charge >= 0.3 is 5.97 Å². The number of rotatable bonds is 3. The SMILES string of the molecule is CCc1c(-c2cncs2)sc(C(=O)OC(C)(C)C)c1N. The van der Waals surface area contributed by atoms with E-state index in [1.54, 1.807) is 23.0 Å². The van der Waals surface area contributed by atoms with Gasteiger partial charge in [0.05, 0.1) is 21.0 Å². The Morgan fingerprint density at radius 2 is 2.15 bits per heavy atom. The first-order valence-corrected chi connectivity index (χ1v) is 8.06. The molecule has 0 aliphatic rings. The third kappa shape index (κ3) is 3.02. The highest BCUT2D eigenvalue weighted by Gasteiger charge is 2.25. The lowest BCUT2D eigenvalue weighted by atomic mass is 10.1. The Kier molecular flexibility index (Phi) is 4.15. The van der Waals surface area contributed by atoms with Gasteiger partial charge in [-0.25, -0.2) is 4.79 Å². The van der Waals surface area contributed by atoms with Crippen molar-refractivity contribution >= 4 is 34.3 Å². The lowest BCUT2D eigenvalue weighted by Gasteiger charge is -2.19. The maximum atomic E-state index is 12.2. The van der Waals surface area contributed by atoms with E-state index in [4.69, 9.17) is 10.5 Å². The van der Waals surface area contributed by atoms with Crippen LogP contribution in [0.3, 0.4) is 0 Å². The third-order valence-corrected chi connectivity index (χ3v) is 4.82. The molecular weight excluding hydrogens is 292 g/mol. The Hall–Kier alpha value is -1.40. The van der Waals surface area contributed by atoms with Crippen molar-refractivity contribution in [2.24, 2.45) is 0 Å². The molecule has 6 heteroatoms. The summed E-state index contributed by atoms with van der Waals surface area (Å²) in [5.74, 6) is -0.356. The van der Waals surface area contributed by atoms with Crippen LogP contribution in [0.25, 0.3) is 9.75 Å². The average molecular weight is 310 g/mol. The van der Waals surface area contributed by atoms with Crippen LogP contribution in [0.5, 0.6) is 0 Å². The van der Waals surface area contributed by atoms with Gasteiger partial charge in [-0.2, -0.15) is 0 Å². The quantitative estimate of drug-likeness (QED) is 0.871. The normalized spacial score (nSPS) is 11.6. The maximum absolute atomic E-state index is 12.2. The molecule has 0 radical (unpaired) electrons. The van der Waals surface area contributed by atoms with E-state index >= 15 is 0 Å². The summed E-state index contributed by atoms with van der Waals surface area (Å²) in [6.07, 6.45) is 2.58. The Labute approximate surface area is 126 Å². The highest BCUT2D eigenvalue weighted by Crippen LogP contribution is 2.41. The van der Waals surface area contributed by atoms with Crippen molar-refractivity contribution in [3.8, 4) is 9.75 Å². The number of carbonyl (C=O) groups excluding carboxylic acids is 1. The first kappa shape index (κ1) is 15.0. The van der Waals surface area contributed by atoms with Crippen LogP contribution >= 0.6 is 22.7 Å². The van der Waals surface area contributed by atoms with Crippen molar-refractivity contribution < 1.29 is 9.53 Å². The number of carbonyl (C=O) groups is 1. The highest BCUT2D eigenvalue weighted by atomic mass is 32.1. The molecule has 0 bridgehead atoms. The fourth-order valence-electron chi connectivity index (χ4n) is 1.83. The van der Waals surface area contributed by atoms with Crippen LogP contribution in [-0.4, -0.2) is 16.6 Å². The standard InChI is InChI=1S/C14H18N2O2S2/c1-5-8-10(15)12(13(17)18-14(2,3)4)20-11(8)9-6-16-7-19-9/h6-7H,5,15H2,1-4H3. The van der Waals surface area contributed by atoms with Crippen molar-refractivity contribution in [2.75, 3.05) is 5.73 Å². The Morgan fingerprint density at radius 1 is 1.45 bits per heavy atom. The second kappa shape index (κ2) is 5.54. The van der Waals surface area contributed by atoms with Crippen molar-refractivity contribution in [3.63, 3.8) is 0 Å². The van der Waals surface area contributed by atoms with E-state index in [2.05, 4.69) is 4.98 Å². The van der Waals surface area contributed by atoms with Gasteiger partial charge in [0, 0.05) is 6.20 Å². The van der Waals surface area contributed by atoms with Gasteiger partial charge in [0.15, 0.2) is 0 Å². The van der Waals surface area contributed by atoms with E-state index in [1.165, 1.54) is 11.3 Å². The molecule has 0 aromatic carbocycles. The van der Waals surface area contributed by atoms with Gasteiger partial charge in [-0.1, -0.05) is 6.92 Å². The van der Waals surface area contributed by atoms with Crippen LogP contribution < -0.4 is 5.73 Å². The van der Waals surface area contributed by atoms with E-state index in [0.29, 0.717) is 10.6 Å². The summed E-state index contributed by atoms with van der Waals surface area (Å²) >= 11 is 2.93. The van der Waals surface area contributed by atoms with Gasteiger partial charge in [0.2, 0.25) is 0 Å². The average Bonchev–Trinajstić information content (AvgIpc) is 2.93. The molecule has 2 aromatic heterocycles. The predicted octanol–water partition coefficient (Wildman–Crippen LogP) is 3.97. The fourth-order valence-corrected chi connectivity index (χ4v) is 3.78. The van der Waals surface area contributed by atoms with Crippen molar-refractivity contribution in [1.29, 1.82) is 0 Å². The Balaban J connectivity index is 2.44. The second-order valence-electron chi connectivity index (χ2n) is 5.37. The topological polar surface area (TPSA) is 65.2 Å². The van der Waals surface area contributed by atoms with Gasteiger partial charge in [-0.15, -0.1) is 22.7 Å². The minimum atomic E-state index is -0.523. The van der Waals surface area contributed by atoms with Crippen LogP contribution in [0, 0.1) is 0 Å². The molecule has 0 spiro atoms. The molecule has 20 heavy (non-hydrogen) atoms. The molecule has 4 nitrogen and oxygen atoms in total. The summed E-state index contributed by atoms with van der Waals surface area (Å²) in [5, 5.41) is 0. The highest BCUT2D eigenvalue weighted by molar-refractivity contribution is 7.22. The first-order valence-electron chi connectivity index (χ1n) is 6.36. The number of thiophene rings is 1. The van der Waals surface area contributed by atoms with Gasteiger partial charge in [0.1, 0.15) is 10.5 Å². The molecule has 2 rings (SSSR count). The largest absolute Gasteiger partial charge is 0.456 e. The van der Waals surface area contributed by atoms with Gasteiger partial charge in [0.25, 0.3) is 0 Å². The summed E-state index contributed by atoms with van der Waals surface area (Å²) in [5.41, 5.74) is 8.92. The van der Waals surface area contributed by atoms with Crippen LogP contribution in [0.15, 0.2) is 11.7 Å². The summed E-state index contributed by atoms with van der Waals surface area (Å²) in [4.78, 5) is 18.9. The minimum absolute atomic E-state index is 0.356. The molecule has 0 unspecified atom stereocenters. The van der Waals surface area contributed by atoms with Crippen LogP contribution in [0.1, 0.15) is 42.9 Å². The lowest BCUT2D eigenvalue weighted by molar-refractivity contribution is 0.00763. The molecule has 0 atom stereocenters. The molecule has 0 saturated carbocycles. The summed E-state index contributed by atoms with van der Waals surface area (Å²) in [6.45, 7) is 7.57. The molecule has 0 aliphatic carbocycles. The Morgan fingerprint density at radius 3 is 2.65 bits per heavy atom. The minimum Gasteiger partial charge on any atom is -0.456 e. The summed E-state index contributed by atoms with van der Waals surface area (Å²) in [6, 6.07) is 0. The molecule has 0 saturated heterocycles. The van der Waals surface area contributed by atoms with Crippen molar-refractivity contribution in [1.82, 2.24) is 4.98 Å². The maximum Gasteiger partial charge on any atom is 0.351 e. The van der Waals surface area contributed by atoms with E-state index in [1.807, 2.05) is 27.7 Å². The number of hydrogen-bond acceptors (Lipinski definition) is 6. The van der Waals surface area contributed by atoms with Crippen LogP contribution in [0.2, 0.25) is 0 Å². The van der Waals surface area contributed by atoms with Gasteiger partial charge in [-0.3, -0.25) is 4.98 Å². The zero-order valence-electron chi connectivity index (χ0n) is 12.0. The molecular formula is C14H18N2O2S2. The van der Waals surface area contributed by atoms with Crippen molar-refractivity contribution in [2.45, 2.75) is 39.7 Å². The van der Waals surface area contributed by atoms with Crippen molar-refractivity contribution in [3.05, 3.63) is 22.1 Å². The fraction of sp³-hybridized carbons (Fsp3) is 0.429. The lowest BCUT2D eigenvalue weighted by Crippen LogP contribution is -2.23. The van der Waals surface area contributed by atoms with E-state index in [9.17, 15) is 4.79 Å². The number of nitrogen functional groups attached to an aromatic ring is 1. The number of aromatic nitrogens is 1. The number of nitrogens with zero attached hydrogens (tertiary/aromatic N) is 1. The monoisotopic (exact) mass is 310 g/mol. The zero-order valence-corrected chi connectivity index (χ0v) is 13.7. The third-order valence-electron chi connectivity index (χ3n) is 2.64. The number of esters is 1. The molecule has 2 heterocycles. The smallest absolute Gasteiger partial charge is 0.351 e. The molecule has 0 aliphatic heterocycles. The summed E-state index contributed by atoms with van der Waals surface area (Å²) in [7, 11) is 0. The predicted molar refractivity (Wildman–Crippen MR) is 84.4 cm³/mol. The Bertz CT molecular complexity index is 610. The van der Waals surface area contributed by atoms with E-state index < -0.39 is 5.60 Å². The zero-order chi connectivity index (χ0) is 14.9.